The number of hydrogen-bond acceptors (Lipinski definition) is 6. The Hall–Kier alpha value is -3.39. The summed E-state index contributed by atoms with van der Waals surface area (Å²) in [6.45, 7) is 8.98. The fraction of sp³-hybridized carbons (Fsp3) is 0.292. The third kappa shape index (κ3) is 4.18. The average Bonchev–Trinajstić information content (AvgIpc) is 3.14. The monoisotopic (exact) mass is 450 g/mol. The van der Waals surface area contributed by atoms with Crippen LogP contribution in [0.5, 0.6) is 5.75 Å². The summed E-state index contributed by atoms with van der Waals surface area (Å²) in [5.74, 6) is 0.173. The molecule has 0 saturated carbocycles. The summed E-state index contributed by atoms with van der Waals surface area (Å²) in [6.07, 6.45) is 2.46. The van der Waals surface area contributed by atoms with Crippen LogP contribution in [-0.2, 0) is 5.41 Å². The van der Waals surface area contributed by atoms with Gasteiger partial charge in [-0.25, -0.2) is 9.78 Å². The maximum absolute atomic E-state index is 12.4. The Bertz CT molecular complexity index is 1410. The van der Waals surface area contributed by atoms with Crippen molar-refractivity contribution in [2.75, 3.05) is 11.9 Å². The third-order valence-corrected chi connectivity index (χ3v) is 6.21. The van der Waals surface area contributed by atoms with Gasteiger partial charge in [0.25, 0.3) is 5.56 Å². The van der Waals surface area contributed by atoms with Crippen molar-refractivity contribution in [3.05, 3.63) is 69.0 Å². The van der Waals surface area contributed by atoms with Crippen LogP contribution in [0.15, 0.2) is 52.2 Å². The predicted octanol–water partition coefficient (Wildman–Crippen LogP) is 4.63. The summed E-state index contributed by atoms with van der Waals surface area (Å²) in [5, 5.41) is 15.4. The Morgan fingerprint density at radius 1 is 1.16 bits per heavy atom. The van der Waals surface area contributed by atoms with Crippen molar-refractivity contribution in [3.8, 4) is 22.6 Å². The summed E-state index contributed by atoms with van der Waals surface area (Å²) >= 11 is 1.57. The number of aromatic hydroxyl groups is 1. The van der Waals surface area contributed by atoms with Gasteiger partial charge in [0.05, 0.1) is 15.9 Å². The molecule has 0 radical (unpaired) electrons. The molecule has 166 valence electrons. The van der Waals surface area contributed by atoms with Crippen LogP contribution in [0.4, 0.5) is 5.13 Å². The summed E-state index contributed by atoms with van der Waals surface area (Å²) < 4.78 is 2.38. The number of nitrogens with zero attached hydrogens (tertiary/aromatic N) is 2. The number of benzene rings is 2. The molecule has 0 bridgehead atoms. The van der Waals surface area contributed by atoms with E-state index in [4.69, 9.17) is 0 Å². The molecule has 0 unspecified atom stereocenters. The molecule has 2 aromatic carbocycles. The highest BCUT2D eigenvalue weighted by atomic mass is 32.1. The second-order valence-corrected chi connectivity index (χ2v) is 9.78. The zero-order valence-corrected chi connectivity index (χ0v) is 19.3. The Labute approximate surface area is 189 Å². The van der Waals surface area contributed by atoms with E-state index in [1.54, 1.807) is 23.5 Å². The quantitative estimate of drug-likeness (QED) is 0.412. The van der Waals surface area contributed by atoms with Crippen molar-refractivity contribution >= 4 is 26.7 Å². The Kier molecular flexibility index (Phi) is 5.64. The number of phenolic OH excluding ortho intramolecular Hbond substituents is 1. The third-order valence-electron chi connectivity index (χ3n) is 5.23. The molecule has 2 aromatic heterocycles. The number of rotatable bonds is 5. The maximum atomic E-state index is 12.4. The van der Waals surface area contributed by atoms with E-state index in [1.807, 2.05) is 39.0 Å². The fourth-order valence-corrected chi connectivity index (χ4v) is 4.50. The van der Waals surface area contributed by atoms with Gasteiger partial charge in [-0.1, -0.05) is 45.1 Å². The van der Waals surface area contributed by atoms with Crippen molar-refractivity contribution in [2.45, 2.75) is 39.5 Å². The van der Waals surface area contributed by atoms with Crippen LogP contribution in [0.3, 0.4) is 0 Å². The number of nitrogens with one attached hydrogen (secondary N) is 2. The van der Waals surface area contributed by atoms with Gasteiger partial charge in [-0.3, -0.25) is 14.3 Å². The van der Waals surface area contributed by atoms with Crippen LogP contribution in [0.2, 0.25) is 0 Å². The lowest BCUT2D eigenvalue weighted by atomic mass is 9.84. The summed E-state index contributed by atoms with van der Waals surface area (Å²) in [5.41, 5.74) is 2.25. The molecule has 0 aliphatic heterocycles. The maximum Gasteiger partial charge on any atom is 0.332 e. The number of H-pyrrole nitrogens is 1. The molecule has 4 rings (SSSR count). The van der Waals surface area contributed by atoms with E-state index in [0.29, 0.717) is 16.8 Å². The van der Waals surface area contributed by atoms with Crippen molar-refractivity contribution in [1.29, 1.82) is 0 Å². The molecular weight excluding hydrogens is 424 g/mol. The molecule has 0 fully saturated rings. The van der Waals surface area contributed by atoms with Crippen LogP contribution in [0, 0.1) is 0 Å². The minimum atomic E-state index is -0.529. The highest BCUT2D eigenvalue weighted by Gasteiger charge is 2.23. The van der Waals surface area contributed by atoms with E-state index in [2.05, 4.69) is 22.2 Å². The molecule has 0 saturated heterocycles. The standard InChI is InChI=1S/C24H26N4O3S/c1-5-9-25-22-26-18-7-6-14(11-19(18)32-22)16-12-15(13-17(21(16)30)24(2,3)4)28-10-8-20(29)27-23(28)31/h6-8,10-13,30H,5,9H2,1-4H3,(H,25,26)(H,27,29,31). The lowest BCUT2D eigenvalue weighted by Crippen LogP contribution is -2.27. The van der Waals surface area contributed by atoms with E-state index < -0.39 is 11.2 Å². The zero-order chi connectivity index (χ0) is 23.0. The average molecular weight is 451 g/mol. The van der Waals surface area contributed by atoms with Gasteiger partial charge in [0.15, 0.2) is 5.13 Å². The van der Waals surface area contributed by atoms with Gasteiger partial charge >= 0.3 is 5.69 Å². The fourth-order valence-electron chi connectivity index (χ4n) is 3.57. The van der Waals surface area contributed by atoms with E-state index in [1.165, 1.54) is 16.8 Å². The molecular formula is C24H26N4O3S. The normalized spacial score (nSPS) is 11.8. The van der Waals surface area contributed by atoms with Gasteiger partial charge in [0, 0.05) is 29.9 Å². The molecule has 0 aliphatic carbocycles. The molecule has 4 aromatic rings. The van der Waals surface area contributed by atoms with Gasteiger partial charge in [0.1, 0.15) is 5.75 Å². The Morgan fingerprint density at radius 3 is 2.62 bits per heavy atom. The van der Waals surface area contributed by atoms with Crippen LogP contribution in [0.1, 0.15) is 39.7 Å². The second-order valence-electron chi connectivity index (χ2n) is 8.75. The number of hydrogen-bond donors (Lipinski definition) is 3. The SMILES string of the molecule is CCCNc1nc2ccc(-c3cc(-n4ccc(=O)[nH]c4=O)cc(C(C)(C)C)c3O)cc2s1. The zero-order valence-electron chi connectivity index (χ0n) is 18.5. The number of thiazole rings is 1. The van der Waals surface area contributed by atoms with Gasteiger partial charge in [-0.05, 0) is 41.7 Å². The van der Waals surface area contributed by atoms with Crippen LogP contribution < -0.4 is 16.6 Å². The lowest BCUT2D eigenvalue weighted by Gasteiger charge is -2.24. The molecule has 32 heavy (non-hydrogen) atoms. The van der Waals surface area contributed by atoms with E-state index in [0.717, 1.165) is 33.9 Å². The topological polar surface area (TPSA) is 100 Å². The predicted molar refractivity (Wildman–Crippen MR) is 130 cm³/mol. The van der Waals surface area contributed by atoms with Gasteiger partial charge in [-0.2, -0.15) is 0 Å². The molecule has 8 heteroatoms. The second kappa shape index (κ2) is 8.27. The number of fused-ring (bicyclic) bond motifs is 1. The molecule has 0 spiro atoms. The van der Waals surface area contributed by atoms with Gasteiger partial charge < -0.3 is 10.4 Å². The Balaban J connectivity index is 1.91. The van der Waals surface area contributed by atoms with Crippen LogP contribution >= 0.6 is 11.3 Å². The minimum absolute atomic E-state index is 0.173. The molecule has 7 nitrogen and oxygen atoms in total. The first-order valence-electron chi connectivity index (χ1n) is 10.5. The number of phenols is 1. The molecule has 0 atom stereocenters. The number of aromatic amines is 1. The van der Waals surface area contributed by atoms with E-state index in [-0.39, 0.29) is 11.2 Å². The summed E-state index contributed by atoms with van der Waals surface area (Å²) in [7, 11) is 0. The lowest BCUT2D eigenvalue weighted by molar-refractivity contribution is 0.448. The first-order chi connectivity index (χ1) is 15.2. The highest BCUT2D eigenvalue weighted by molar-refractivity contribution is 7.22. The summed E-state index contributed by atoms with van der Waals surface area (Å²) in [6, 6.07) is 10.7. The van der Waals surface area contributed by atoms with Crippen molar-refractivity contribution in [3.63, 3.8) is 0 Å². The largest absolute Gasteiger partial charge is 0.507 e. The van der Waals surface area contributed by atoms with E-state index in [9.17, 15) is 14.7 Å². The van der Waals surface area contributed by atoms with Gasteiger partial charge in [-0.15, -0.1) is 0 Å². The van der Waals surface area contributed by atoms with Gasteiger partial charge in [0.2, 0.25) is 0 Å². The molecule has 2 heterocycles. The first-order valence-corrected chi connectivity index (χ1v) is 11.3. The smallest absolute Gasteiger partial charge is 0.332 e. The highest BCUT2D eigenvalue weighted by Crippen LogP contribution is 2.41. The van der Waals surface area contributed by atoms with Crippen LogP contribution in [0.25, 0.3) is 27.0 Å². The first kappa shape index (κ1) is 21.8. The molecule has 3 N–H and O–H groups in total. The minimum Gasteiger partial charge on any atom is -0.507 e. The Morgan fingerprint density at radius 2 is 1.94 bits per heavy atom. The van der Waals surface area contributed by atoms with Crippen molar-refractivity contribution in [1.82, 2.24) is 14.5 Å². The molecule has 0 amide bonds. The van der Waals surface area contributed by atoms with Crippen molar-refractivity contribution in [2.24, 2.45) is 0 Å². The number of anilines is 1. The van der Waals surface area contributed by atoms with Crippen LogP contribution in [-0.4, -0.2) is 26.2 Å². The van der Waals surface area contributed by atoms with E-state index >= 15 is 0 Å². The number of aromatic nitrogens is 3. The molecule has 0 aliphatic rings. The van der Waals surface area contributed by atoms with Crippen molar-refractivity contribution < 1.29 is 5.11 Å². The summed E-state index contributed by atoms with van der Waals surface area (Å²) in [4.78, 5) is 30.8.